The van der Waals surface area contributed by atoms with Crippen LogP contribution in [-0.4, -0.2) is 27.5 Å². The molecule has 1 aliphatic rings. The molecule has 1 unspecified atom stereocenters. The van der Waals surface area contributed by atoms with Crippen molar-refractivity contribution >= 4 is 44.8 Å². The minimum Gasteiger partial charge on any atom is -0.493 e. The number of hydrogen-bond acceptors (Lipinski definition) is 4. The molecule has 0 bridgehead atoms. The Kier molecular flexibility index (Phi) is 6.60. The SMILES string of the molecule is O=C(NCC1COc2ccccc2C1)c1cccc(NS(=O)(=O)c2cc(Cl)ccc2Cl)c1. The Bertz CT molecular complexity index is 1260. The zero-order valence-electron chi connectivity index (χ0n) is 16.8. The number of anilines is 1. The van der Waals surface area contributed by atoms with Crippen LogP contribution in [0.1, 0.15) is 15.9 Å². The molecule has 6 nitrogen and oxygen atoms in total. The second kappa shape index (κ2) is 9.40. The van der Waals surface area contributed by atoms with Crippen LogP contribution in [0.2, 0.25) is 10.0 Å². The lowest BCUT2D eigenvalue weighted by atomic mass is 9.96. The van der Waals surface area contributed by atoms with Crippen molar-refractivity contribution < 1.29 is 17.9 Å². The lowest BCUT2D eigenvalue weighted by molar-refractivity contribution is 0.0939. The lowest BCUT2D eigenvalue weighted by Gasteiger charge is -2.25. The fraction of sp³-hybridized carbons (Fsp3) is 0.174. The van der Waals surface area contributed by atoms with Gasteiger partial charge in [0.15, 0.2) is 0 Å². The minimum atomic E-state index is -3.98. The first-order chi connectivity index (χ1) is 15.3. The Morgan fingerprint density at radius 1 is 1.03 bits per heavy atom. The van der Waals surface area contributed by atoms with E-state index in [-0.39, 0.29) is 32.5 Å². The van der Waals surface area contributed by atoms with Crippen molar-refractivity contribution in [2.24, 2.45) is 5.92 Å². The zero-order chi connectivity index (χ0) is 22.7. The van der Waals surface area contributed by atoms with Gasteiger partial charge in [-0.3, -0.25) is 9.52 Å². The molecule has 2 N–H and O–H groups in total. The summed E-state index contributed by atoms with van der Waals surface area (Å²) in [5.74, 6) is 0.737. The van der Waals surface area contributed by atoms with Crippen molar-refractivity contribution in [1.29, 1.82) is 0 Å². The quantitative estimate of drug-likeness (QED) is 0.520. The molecule has 32 heavy (non-hydrogen) atoms. The molecule has 3 aromatic rings. The third-order valence-corrected chi connectivity index (χ3v) is 7.16. The highest BCUT2D eigenvalue weighted by atomic mass is 35.5. The van der Waals surface area contributed by atoms with E-state index >= 15 is 0 Å². The van der Waals surface area contributed by atoms with Crippen molar-refractivity contribution in [2.75, 3.05) is 17.9 Å². The number of carbonyl (C=O) groups is 1. The summed E-state index contributed by atoms with van der Waals surface area (Å²) >= 11 is 11.9. The van der Waals surface area contributed by atoms with Crippen LogP contribution in [0.3, 0.4) is 0 Å². The van der Waals surface area contributed by atoms with Gasteiger partial charge in [0.2, 0.25) is 0 Å². The van der Waals surface area contributed by atoms with Crippen molar-refractivity contribution in [1.82, 2.24) is 5.32 Å². The number of halogens is 2. The van der Waals surface area contributed by atoms with Crippen LogP contribution in [0.4, 0.5) is 5.69 Å². The first-order valence-electron chi connectivity index (χ1n) is 9.89. The molecule has 4 rings (SSSR count). The summed E-state index contributed by atoms with van der Waals surface area (Å²) < 4.78 is 33.6. The number of rotatable bonds is 6. The van der Waals surface area contributed by atoms with E-state index in [9.17, 15) is 13.2 Å². The highest BCUT2D eigenvalue weighted by Crippen LogP contribution is 2.28. The van der Waals surface area contributed by atoms with Crippen LogP contribution in [0.15, 0.2) is 71.6 Å². The lowest BCUT2D eigenvalue weighted by Crippen LogP contribution is -2.34. The van der Waals surface area contributed by atoms with Crippen molar-refractivity contribution in [3.8, 4) is 5.75 Å². The number of amides is 1. The molecule has 166 valence electrons. The van der Waals surface area contributed by atoms with Gasteiger partial charge in [-0.1, -0.05) is 47.5 Å². The molecule has 0 saturated carbocycles. The standard InChI is InChI=1S/C23H20Cl2N2O4S/c24-18-8-9-20(25)22(12-18)32(29,30)27-19-6-3-5-17(11-19)23(28)26-13-15-10-16-4-1-2-7-21(16)31-14-15/h1-9,11-12,15,27H,10,13-14H2,(H,26,28). The molecule has 1 amide bonds. The summed E-state index contributed by atoms with van der Waals surface area (Å²) in [6, 6.07) is 18.3. The van der Waals surface area contributed by atoms with Crippen LogP contribution in [0.5, 0.6) is 5.75 Å². The maximum atomic E-state index is 12.7. The van der Waals surface area contributed by atoms with E-state index in [1.165, 1.54) is 24.3 Å². The van der Waals surface area contributed by atoms with Gasteiger partial charge in [-0.15, -0.1) is 0 Å². The predicted octanol–water partition coefficient (Wildman–Crippen LogP) is 4.78. The van der Waals surface area contributed by atoms with Gasteiger partial charge >= 0.3 is 0 Å². The third kappa shape index (κ3) is 5.18. The fourth-order valence-electron chi connectivity index (χ4n) is 3.48. The number of fused-ring (bicyclic) bond motifs is 1. The molecule has 0 fully saturated rings. The van der Waals surface area contributed by atoms with E-state index in [4.69, 9.17) is 27.9 Å². The Labute approximate surface area is 196 Å². The number of hydrogen-bond donors (Lipinski definition) is 2. The van der Waals surface area contributed by atoms with E-state index in [2.05, 4.69) is 10.0 Å². The molecule has 9 heteroatoms. The van der Waals surface area contributed by atoms with E-state index in [1.807, 2.05) is 24.3 Å². The van der Waals surface area contributed by atoms with Crippen LogP contribution >= 0.6 is 23.2 Å². The highest BCUT2D eigenvalue weighted by molar-refractivity contribution is 7.92. The Morgan fingerprint density at radius 2 is 1.84 bits per heavy atom. The maximum Gasteiger partial charge on any atom is 0.263 e. The predicted molar refractivity (Wildman–Crippen MR) is 125 cm³/mol. The van der Waals surface area contributed by atoms with Crippen LogP contribution in [0.25, 0.3) is 0 Å². The summed E-state index contributed by atoms with van der Waals surface area (Å²) in [5, 5.41) is 3.20. The summed E-state index contributed by atoms with van der Waals surface area (Å²) in [5.41, 5.74) is 1.69. The van der Waals surface area contributed by atoms with E-state index in [0.29, 0.717) is 18.7 Å². The normalized spacial score (nSPS) is 15.4. The second-order valence-electron chi connectivity index (χ2n) is 7.46. The van der Waals surface area contributed by atoms with Gasteiger partial charge in [0.05, 0.1) is 11.6 Å². The molecule has 0 radical (unpaired) electrons. The van der Waals surface area contributed by atoms with Gasteiger partial charge in [0.1, 0.15) is 10.6 Å². The number of para-hydroxylation sites is 1. The number of ether oxygens (including phenoxy) is 1. The Morgan fingerprint density at radius 3 is 2.69 bits per heavy atom. The van der Waals surface area contributed by atoms with Gasteiger partial charge in [-0.05, 0) is 54.4 Å². The van der Waals surface area contributed by atoms with Crippen molar-refractivity contribution in [3.05, 3.63) is 87.9 Å². The van der Waals surface area contributed by atoms with Crippen molar-refractivity contribution in [3.63, 3.8) is 0 Å². The van der Waals surface area contributed by atoms with E-state index in [1.54, 1.807) is 18.2 Å². The van der Waals surface area contributed by atoms with E-state index < -0.39 is 10.0 Å². The molecule has 1 heterocycles. The molecule has 3 aromatic carbocycles. The van der Waals surface area contributed by atoms with Gasteiger partial charge in [-0.25, -0.2) is 8.42 Å². The number of sulfonamides is 1. The molecule has 0 spiro atoms. The van der Waals surface area contributed by atoms with E-state index in [0.717, 1.165) is 17.7 Å². The van der Waals surface area contributed by atoms with Gasteiger partial charge in [0.25, 0.3) is 15.9 Å². The number of carbonyl (C=O) groups excluding carboxylic acids is 1. The van der Waals surface area contributed by atoms with Crippen LogP contribution in [-0.2, 0) is 16.4 Å². The zero-order valence-corrected chi connectivity index (χ0v) is 19.2. The first-order valence-corrected chi connectivity index (χ1v) is 12.1. The molecule has 0 aromatic heterocycles. The number of nitrogens with one attached hydrogen (secondary N) is 2. The van der Waals surface area contributed by atoms with Crippen LogP contribution < -0.4 is 14.8 Å². The number of benzene rings is 3. The molecule has 1 atom stereocenters. The molecule has 1 aliphatic heterocycles. The summed E-state index contributed by atoms with van der Waals surface area (Å²) in [6.45, 7) is 0.971. The summed E-state index contributed by atoms with van der Waals surface area (Å²) in [6.07, 6.45) is 0.816. The smallest absolute Gasteiger partial charge is 0.263 e. The average Bonchev–Trinajstić information content (AvgIpc) is 2.78. The van der Waals surface area contributed by atoms with Gasteiger partial charge < -0.3 is 10.1 Å². The topological polar surface area (TPSA) is 84.5 Å². The van der Waals surface area contributed by atoms with Gasteiger partial charge in [0, 0.05) is 28.7 Å². The molecule has 0 saturated heterocycles. The minimum absolute atomic E-state index is 0.0482. The molecular weight excluding hydrogens is 471 g/mol. The monoisotopic (exact) mass is 490 g/mol. The summed E-state index contributed by atoms with van der Waals surface area (Å²) in [7, 11) is -3.98. The second-order valence-corrected chi connectivity index (χ2v) is 9.95. The highest BCUT2D eigenvalue weighted by Gasteiger charge is 2.21. The van der Waals surface area contributed by atoms with Gasteiger partial charge in [-0.2, -0.15) is 0 Å². The summed E-state index contributed by atoms with van der Waals surface area (Å²) in [4.78, 5) is 12.5. The largest absolute Gasteiger partial charge is 0.493 e. The average molecular weight is 491 g/mol. The third-order valence-electron chi connectivity index (χ3n) is 5.07. The Balaban J connectivity index is 1.41. The Hall–Kier alpha value is -2.74. The molecular formula is C23H20Cl2N2O4S. The fourth-order valence-corrected chi connectivity index (χ4v) is 5.29. The first kappa shape index (κ1) is 22.5. The maximum absolute atomic E-state index is 12.7. The molecule has 0 aliphatic carbocycles. The van der Waals surface area contributed by atoms with Crippen molar-refractivity contribution in [2.45, 2.75) is 11.3 Å². The van der Waals surface area contributed by atoms with Crippen LogP contribution in [0, 0.1) is 5.92 Å².